The van der Waals surface area contributed by atoms with Crippen molar-refractivity contribution in [3.63, 3.8) is 0 Å². The highest BCUT2D eigenvalue weighted by Gasteiger charge is 2.40. The molecule has 0 spiro atoms. The fraction of sp³-hybridized carbons (Fsp3) is 0.643. The molecule has 3 rings (SSSR count). The second-order valence-corrected chi connectivity index (χ2v) is 8.80. The van der Waals surface area contributed by atoms with Crippen molar-refractivity contribution in [3.05, 3.63) is 17.5 Å². The van der Waals surface area contributed by atoms with Crippen molar-refractivity contribution in [2.24, 2.45) is 0 Å². The Morgan fingerprint density at radius 1 is 1.30 bits per heavy atom. The van der Waals surface area contributed by atoms with Crippen LogP contribution < -0.4 is 10.6 Å². The lowest BCUT2D eigenvalue weighted by Gasteiger charge is -2.28. The molecule has 1 aromatic heterocycles. The maximum absolute atomic E-state index is 12.6. The van der Waals surface area contributed by atoms with E-state index < -0.39 is 16.1 Å². The number of thiophene rings is 1. The van der Waals surface area contributed by atoms with E-state index in [1.807, 2.05) is 0 Å². The van der Waals surface area contributed by atoms with E-state index in [4.69, 9.17) is 0 Å². The molecule has 2 aliphatic heterocycles. The third-order valence-electron chi connectivity index (χ3n) is 4.25. The molecule has 1 unspecified atom stereocenters. The maximum Gasteiger partial charge on any atom is 0.253 e. The van der Waals surface area contributed by atoms with Gasteiger partial charge in [0, 0.05) is 12.6 Å². The standard InChI is InChI=1S/C14H21N3O3S2.ClH/c18-14(16-11-5-7-15-8-6-11)12-3-1-9-17(12)22(19,20)13-4-2-10-21-13;/h2,4,10-12,15H,1,3,5-9H2,(H,16,18);1H. The Bertz CT molecular complexity index is 615. The van der Waals surface area contributed by atoms with E-state index in [1.165, 1.54) is 15.6 Å². The summed E-state index contributed by atoms with van der Waals surface area (Å²) in [5.41, 5.74) is 0. The second kappa shape index (κ2) is 7.94. The van der Waals surface area contributed by atoms with Gasteiger partial charge < -0.3 is 10.6 Å². The molecule has 1 atom stereocenters. The largest absolute Gasteiger partial charge is 0.352 e. The maximum atomic E-state index is 12.6. The van der Waals surface area contributed by atoms with Gasteiger partial charge in [0.05, 0.1) is 0 Å². The first-order valence-corrected chi connectivity index (χ1v) is 9.97. The predicted octanol–water partition coefficient (Wildman–Crippen LogP) is 1.19. The number of hydrogen-bond donors (Lipinski definition) is 2. The lowest BCUT2D eigenvalue weighted by molar-refractivity contribution is -0.125. The topological polar surface area (TPSA) is 78.5 Å². The molecule has 130 valence electrons. The highest BCUT2D eigenvalue weighted by molar-refractivity contribution is 7.91. The molecule has 1 amide bonds. The van der Waals surface area contributed by atoms with Gasteiger partial charge in [-0.1, -0.05) is 6.07 Å². The summed E-state index contributed by atoms with van der Waals surface area (Å²) in [4.78, 5) is 12.5. The van der Waals surface area contributed by atoms with Crippen LogP contribution in [0.3, 0.4) is 0 Å². The van der Waals surface area contributed by atoms with Crippen molar-refractivity contribution in [2.45, 2.75) is 42.0 Å². The minimum absolute atomic E-state index is 0. The first-order valence-electron chi connectivity index (χ1n) is 7.65. The molecule has 2 fully saturated rings. The number of piperidine rings is 1. The Morgan fingerprint density at radius 2 is 2.04 bits per heavy atom. The average molecular weight is 380 g/mol. The Labute approximate surface area is 147 Å². The summed E-state index contributed by atoms with van der Waals surface area (Å²) in [5, 5.41) is 8.02. The lowest BCUT2D eigenvalue weighted by Crippen LogP contribution is -2.50. The number of sulfonamides is 1. The van der Waals surface area contributed by atoms with Crippen LogP contribution in [0.15, 0.2) is 21.7 Å². The van der Waals surface area contributed by atoms with E-state index >= 15 is 0 Å². The first kappa shape index (κ1) is 18.7. The van der Waals surface area contributed by atoms with E-state index in [9.17, 15) is 13.2 Å². The van der Waals surface area contributed by atoms with Crippen LogP contribution in [0.25, 0.3) is 0 Å². The summed E-state index contributed by atoms with van der Waals surface area (Å²) in [5.74, 6) is -0.149. The number of amides is 1. The normalized spacial score (nSPS) is 23.4. The molecular weight excluding hydrogens is 358 g/mol. The van der Waals surface area contributed by atoms with Gasteiger partial charge in [0.25, 0.3) is 10.0 Å². The Hall–Kier alpha value is -0.670. The van der Waals surface area contributed by atoms with Gasteiger partial charge in [-0.05, 0) is 50.2 Å². The highest BCUT2D eigenvalue weighted by Crippen LogP contribution is 2.28. The van der Waals surface area contributed by atoms with Crippen molar-refractivity contribution in [3.8, 4) is 0 Å². The van der Waals surface area contributed by atoms with E-state index in [0.717, 1.165) is 32.4 Å². The summed E-state index contributed by atoms with van der Waals surface area (Å²) < 4.78 is 27.0. The Kier molecular flexibility index (Phi) is 6.44. The Balaban J connectivity index is 0.00000192. The highest BCUT2D eigenvalue weighted by atomic mass is 35.5. The molecule has 2 saturated heterocycles. The van der Waals surface area contributed by atoms with Crippen LogP contribution in [0.4, 0.5) is 0 Å². The summed E-state index contributed by atoms with van der Waals surface area (Å²) in [7, 11) is -3.55. The smallest absolute Gasteiger partial charge is 0.253 e. The van der Waals surface area contributed by atoms with Crippen molar-refractivity contribution < 1.29 is 13.2 Å². The molecular formula is C14H22ClN3O3S2. The number of carbonyl (C=O) groups is 1. The number of halogens is 1. The lowest BCUT2D eigenvalue weighted by atomic mass is 10.1. The minimum Gasteiger partial charge on any atom is -0.352 e. The molecule has 0 saturated carbocycles. The molecule has 1 aromatic rings. The van der Waals surface area contributed by atoms with Crippen molar-refractivity contribution in [1.29, 1.82) is 0 Å². The van der Waals surface area contributed by atoms with E-state index in [1.54, 1.807) is 17.5 Å². The van der Waals surface area contributed by atoms with E-state index in [-0.39, 0.29) is 24.4 Å². The fourth-order valence-electron chi connectivity index (χ4n) is 3.08. The third-order valence-corrected chi connectivity index (χ3v) is 7.53. The van der Waals surface area contributed by atoms with Gasteiger partial charge in [0.15, 0.2) is 0 Å². The molecule has 2 N–H and O–H groups in total. The minimum atomic E-state index is -3.55. The van der Waals surface area contributed by atoms with Crippen LogP contribution in [-0.4, -0.2) is 50.3 Å². The average Bonchev–Trinajstić information content (AvgIpc) is 3.20. The van der Waals surface area contributed by atoms with Crippen molar-refractivity contribution >= 4 is 39.7 Å². The van der Waals surface area contributed by atoms with Gasteiger partial charge in [0.2, 0.25) is 5.91 Å². The van der Waals surface area contributed by atoms with Crippen molar-refractivity contribution in [1.82, 2.24) is 14.9 Å². The van der Waals surface area contributed by atoms with Gasteiger partial charge in [-0.25, -0.2) is 8.42 Å². The van der Waals surface area contributed by atoms with Gasteiger partial charge in [-0.3, -0.25) is 4.79 Å². The quantitative estimate of drug-likeness (QED) is 0.823. The van der Waals surface area contributed by atoms with Crippen LogP contribution >= 0.6 is 23.7 Å². The number of hydrogen-bond acceptors (Lipinski definition) is 5. The zero-order valence-electron chi connectivity index (χ0n) is 12.7. The van der Waals surface area contributed by atoms with Gasteiger partial charge >= 0.3 is 0 Å². The van der Waals surface area contributed by atoms with Crippen molar-refractivity contribution in [2.75, 3.05) is 19.6 Å². The first-order chi connectivity index (χ1) is 10.6. The molecule has 3 heterocycles. The fourth-order valence-corrected chi connectivity index (χ4v) is 5.86. The number of nitrogens with one attached hydrogen (secondary N) is 2. The third kappa shape index (κ3) is 4.06. The van der Waals surface area contributed by atoms with Crippen LogP contribution in [-0.2, 0) is 14.8 Å². The second-order valence-electron chi connectivity index (χ2n) is 5.74. The SMILES string of the molecule is Cl.O=C(NC1CCNCC1)C1CCCN1S(=O)(=O)c1cccs1. The molecule has 6 nitrogen and oxygen atoms in total. The Morgan fingerprint density at radius 3 is 2.70 bits per heavy atom. The number of nitrogens with zero attached hydrogens (tertiary/aromatic N) is 1. The summed E-state index contributed by atoms with van der Waals surface area (Å²) in [6.07, 6.45) is 3.13. The summed E-state index contributed by atoms with van der Waals surface area (Å²) in [6, 6.07) is 2.90. The van der Waals surface area contributed by atoms with Crippen LogP contribution in [0.2, 0.25) is 0 Å². The van der Waals surface area contributed by atoms with Crippen LogP contribution in [0, 0.1) is 0 Å². The number of carbonyl (C=O) groups excluding carboxylic acids is 1. The van der Waals surface area contributed by atoms with Gasteiger partial charge in [0.1, 0.15) is 10.3 Å². The molecule has 0 bridgehead atoms. The molecule has 9 heteroatoms. The molecule has 0 aliphatic carbocycles. The monoisotopic (exact) mass is 379 g/mol. The summed E-state index contributed by atoms with van der Waals surface area (Å²) in [6.45, 7) is 2.21. The number of rotatable bonds is 4. The van der Waals surface area contributed by atoms with Crippen LogP contribution in [0.5, 0.6) is 0 Å². The van der Waals surface area contributed by atoms with Gasteiger partial charge in [-0.2, -0.15) is 4.31 Å². The van der Waals surface area contributed by atoms with E-state index in [2.05, 4.69) is 10.6 Å². The zero-order valence-corrected chi connectivity index (χ0v) is 15.2. The van der Waals surface area contributed by atoms with Crippen LogP contribution in [0.1, 0.15) is 25.7 Å². The predicted molar refractivity (Wildman–Crippen MR) is 92.5 cm³/mol. The van der Waals surface area contributed by atoms with E-state index in [0.29, 0.717) is 17.2 Å². The molecule has 23 heavy (non-hydrogen) atoms. The summed E-state index contributed by atoms with van der Waals surface area (Å²) >= 11 is 1.20. The molecule has 0 radical (unpaired) electrons. The molecule has 2 aliphatic rings. The van der Waals surface area contributed by atoms with Gasteiger partial charge in [-0.15, -0.1) is 23.7 Å². The molecule has 0 aromatic carbocycles. The zero-order chi connectivity index (χ0) is 15.6.